The first-order chi connectivity index (χ1) is 15.2. The Labute approximate surface area is 184 Å². The Balaban J connectivity index is 1.72. The molecule has 0 aliphatic carbocycles. The molecule has 1 aliphatic rings. The first kappa shape index (κ1) is 23.3. The van der Waals surface area contributed by atoms with Gasteiger partial charge in [-0.15, -0.1) is 0 Å². The van der Waals surface area contributed by atoms with Gasteiger partial charge in [-0.25, -0.2) is 14.8 Å². The van der Waals surface area contributed by atoms with Crippen LogP contribution in [0, 0.1) is 0 Å². The minimum Gasteiger partial charge on any atom is -0.493 e. The van der Waals surface area contributed by atoms with Gasteiger partial charge < -0.3 is 29.2 Å². The van der Waals surface area contributed by atoms with E-state index in [1.165, 1.54) is 11.2 Å². The zero-order chi connectivity index (χ0) is 23.3. The zero-order valence-corrected chi connectivity index (χ0v) is 18.4. The second-order valence-electron chi connectivity index (χ2n) is 6.82. The van der Waals surface area contributed by atoms with Crippen LogP contribution in [0.15, 0.2) is 18.5 Å². The second-order valence-corrected chi connectivity index (χ2v) is 8.18. The quantitative estimate of drug-likeness (QED) is 0.546. The molecule has 32 heavy (non-hydrogen) atoms. The lowest BCUT2D eigenvalue weighted by Gasteiger charge is -2.24. The number of nitrogens with two attached hydrogens (primary N) is 1. The molecule has 0 unspecified atom stereocenters. The van der Waals surface area contributed by atoms with E-state index in [0.717, 1.165) is 5.39 Å². The Morgan fingerprint density at radius 2 is 1.81 bits per heavy atom. The van der Waals surface area contributed by atoms with Crippen LogP contribution < -0.4 is 24.8 Å². The number of fused-ring (bicyclic) bond motifs is 1. The third-order valence-corrected chi connectivity index (χ3v) is 5.74. The molecule has 2 aromatic rings. The first-order valence-electron chi connectivity index (χ1n) is 9.62. The molecule has 1 fully saturated rings. The predicted molar refractivity (Wildman–Crippen MR) is 114 cm³/mol. The third-order valence-electron chi connectivity index (χ3n) is 4.86. The monoisotopic (exact) mass is 468 g/mol. The lowest BCUT2D eigenvalue weighted by molar-refractivity contribution is -0.129. The number of hydrogen-bond donors (Lipinski definition) is 2. The van der Waals surface area contributed by atoms with E-state index >= 15 is 0 Å². The van der Waals surface area contributed by atoms with Crippen molar-refractivity contribution < 1.29 is 31.7 Å². The van der Waals surface area contributed by atoms with Crippen LogP contribution in [0.4, 0.5) is 10.6 Å². The average molecular weight is 468 g/mol. The smallest absolute Gasteiger partial charge is 0.421 e. The summed E-state index contributed by atoms with van der Waals surface area (Å²) >= 11 is 0. The molecular weight excluding hydrogens is 444 g/mol. The topological polar surface area (TPSA) is 166 Å². The minimum atomic E-state index is -4.44. The number of benzene rings is 1. The summed E-state index contributed by atoms with van der Waals surface area (Å²) < 4.78 is 39.6. The molecular formula is C18H24N6O7S. The number of anilines is 1. The molecule has 0 radical (unpaired) electrons. The van der Waals surface area contributed by atoms with Crippen LogP contribution in [0.1, 0.15) is 6.42 Å². The number of aromatic nitrogens is 2. The molecule has 3 N–H and O–H groups in total. The molecule has 0 saturated carbocycles. The van der Waals surface area contributed by atoms with Gasteiger partial charge in [-0.3, -0.25) is 4.79 Å². The van der Waals surface area contributed by atoms with E-state index < -0.39 is 28.8 Å². The summed E-state index contributed by atoms with van der Waals surface area (Å²) in [4.78, 5) is 35.3. The van der Waals surface area contributed by atoms with E-state index in [2.05, 4.69) is 19.9 Å². The summed E-state index contributed by atoms with van der Waals surface area (Å²) in [5.41, 5.74) is 5.38. The van der Waals surface area contributed by atoms with Gasteiger partial charge >= 0.3 is 16.4 Å². The molecule has 14 heteroatoms. The van der Waals surface area contributed by atoms with Gasteiger partial charge in [-0.2, -0.15) is 13.1 Å². The van der Waals surface area contributed by atoms with Crippen molar-refractivity contribution in [2.75, 3.05) is 51.8 Å². The van der Waals surface area contributed by atoms with Gasteiger partial charge in [-0.1, -0.05) is 0 Å². The van der Waals surface area contributed by atoms with Crippen LogP contribution in [0.5, 0.6) is 11.5 Å². The molecule has 13 nitrogen and oxygen atoms in total. The van der Waals surface area contributed by atoms with Crippen molar-refractivity contribution in [2.24, 2.45) is 5.73 Å². The van der Waals surface area contributed by atoms with Gasteiger partial charge in [0.05, 0.1) is 26.3 Å². The number of ether oxygens (including phenoxy) is 2. The van der Waals surface area contributed by atoms with E-state index in [1.54, 1.807) is 20.3 Å². The summed E-state index contributed by atoms with van der Waals surface area (Å²) in [6, 6.07) is 3.58. The van der Waals surface area contributed by atoms with Crippen LogP contribution in [0.3, 0.4) is 0 Å². The Hall–Kier alpha value is -3.39. The zero-order valence-electron chi connectivity index (χ0n) is 17.6. The number of rotatable bonds is 7. The van der Waals surface area contributed by atoms with E-state index in [0.29, 0.717) is 55.4 Å². The molecule has 0 bridgehead atoms. The van der Waals surface area contributed by atoms with Crippen LogP contribution >= 0.6 is 0 Å². The fourth-order valence-electron chi connectivity index (χ4n) is 3.40. The van der Waals surface area contributed by atoms with Crippen molar-refractivity contribution in [3.8, 4) is 11.5 Å². The summed E-state index contributed by atoms with van der Waals surface area (Å²) in [6.07, 6.45) is 0.613. The van der Waals surface area contributed by atoms with Crippen molar-refractivity contribution in [1.82, 2.24) is 19.6 Å². The highest BCUT2D eigenvalue weighted by atomic mass is 32.2. The highest BCUT2D eigenvalue weighted by molar-refractivity contribution is 7.85. The molecule has 1 aromatic carbocycles. The number of carbonyl (C=O) groups excluding carboxylic acids is 2. The number of amides is 2. The molecule has 1 aromatic heterocycles. The molecule has 3 rings (SSSR count). The van der Waals surface area contributed by atoms with Crippen molar-refractivity contribution in [1.29, 1.82) is 0 Å². The Morgan fingerprint density at radius 1 is 1.09 bits per heavy atom. The highest BCUT2D eigenvalue weighted by Crippen LogP contribution is 2.34. The maximum Gasteiger partial charge on any atom is 0.421 e. The predicted octanol–water partition coefficient (Wildman–Crippen LogP) is -0.385. The number of primary amides is 1. The van der Waals surface area contributed by atoms with E-state index in [-0.39, 0.29) is 0 Å². The minimum absolute atomic E-state index is 0.343. The number of methoxy groups -OCH3 is 2. The third kappa shape index (κ3) is 5.45. The van der Waals surface area contributed by atoms with Crippen molar-refractivity contribution in [3.05, 3.63) is 18.5 Å². The fourth-order valence-corrected chi connectivity index (χ4v) is 3.98. The fraction of sp³-hybridized carbons (Fsp3) is 0.444. The standard InChI is InChI=1S/C18H24N6O7S/c1-29-14-8-12-13(9-15(14)30-2)20-11-21-17(12)24-5-3-4-23(6-7-24)16(25)10-22-32(27,28)31-18(19)26/h8-9,11,22H,3-7,10H2,1-2H3,(H2,19,26). The maximum absolute atomic E-state index is 12.4. The molecule has 0 atom stereocenters. The number of carbonyl (C=O) groups is 2. The summed E-state index contributed by atoms with van der Waals surface area (Å²) in [5.74, 6) is 1.34. The molecule has 0 spiro atoms. The molecule has 2 heterocycles. The first-order valence-corrected chi connectivity index (χ1v) is 11.0. The maximum atomic E-state index is 12.4. The van der Waals surface area contributed by atoms with Crippen LogP contribution in [0.2, 0.25) is 0 Å². The van der Waals surface area contributed by atoms with Gasteiger partial charge in [0.15, 0.2) is 11.5 Å². The van der Waals surface area contributed by atoms with Gasteiger partial charge in [0.25, 0.3) is 0 Å². The molecule has 1 aliphatic heterocycles. The highest BCUT2D eigenvalue weighted by Gasteiger charge is 2.24. The Kier molecular flexibility index (Phi) is 7.15. The van der Waals surface area contributed by atoms with Gasteiger partial charge in [0.1, 0.15) is 12.1 Å². The Bertz CT molecular complexity index is 1110. The normalized spacial score (nSPS) is 14.7. The summed E-state index contributed by atoms with van der Waals surface area (Å²) in [7, 11) is -1.34. The van der Waals surface area contributed by atoms with Gasteiger partial charge in [-0.05, 0) is 12.5 Å². The molecule has 2 amide bonds. The number of nitrogens with zero attached hydrogens (tertiary/aromatic N) is 4. The summed E-state index contributed by atoms with van der Waals surface area (Å²) in [6.45, 7) is 1.31. The lowest BCUT2D eigenvalue weighted by Crippen LogP contribution is -2.43. The van der Waals surface area contributed by atoms with Crippen molar-refractivity contribution in [2.45, 2.75) is 6.42 Å². The van der Waals surface area contributed by atoms with Gasteiger partial charge in [0.2, 0.25) is 5.91 Å². The average Bonchev–Trinajstić information content (AvgIpc) is 3.01. The van der Waals surface area contributed by atoms with E-state index in [1.807, 2.05) is 15.7 Å². The number of hydrogen-bond acceptors (Lipinski definition) is 10. The second kappa shape index (κ2) is 9.82. The van der Waals surface area contributed by atoms with Crippen molar-refractivity contribution in [3.63, 3.8) is 0 Å². The SMILES string of the molecule is COc1cc2ncnc(N3CCCN(C(=O)CNS(=O)(=O)OC(N)=O)CC3)c2cc1OC. The van der Waals surface area contributed by atoms with Gasteiger partial charge in [0, 0.05) is 37.6 Å². The van der Waals surface area contributed by atoms with Crippen LogP contribution in [0.25, 0.3) is 10.9 Å². The lowest BCUT2D eigenvalue weighted by atomic mass is 10.2. The summed E-state index contributed by atoms with van der Waals surface area (Å²) in [5, 5.41) is 0.779. The van der Waals surface area contributed by atoms with Crippen LogP contribution in [-0.2, 0) is 19.3 Å². The number of nitrogens with one attached hydrogen (secondary N) is 1. The van der Waals surface area contributed by atoms with Crippen molar-refractivity contribution >= 4 is 39.0 Å². The molecule has 174 valence electrons. The Morgan fingerprint density at radius 3 is 2.50 bits per heavy atom. The largest absolute Gasteiger partial charge is 0.493 e. The van der Waals surface area contributed by atoms with E-state index in [4.69, 9.17) is 9.47 Å². The molecule has 1 saturated heterocycles. The van der Waals surface area contributed by atoms with Crippen LogP contribution in [-0.4, -0.2) is 82.2 Å². The van der Waals surface area contributed by atoms with E-state index in [9.17, 15) is 18.0 Å².